The molecule has 0 aromatic heterocycles. The third-order valence-electron chi connectivity index (χ3n) is 4.08. The maximum absolute atomic E-state index is 11.8. The molecule has 1 fully saturated rings. The molecule has 1 aliphatic heterocycles. The normalized spacial score (nSPS) is 20.5. The Labute approximate surface area is 169 Å². The topological polar surface area (TPSA) is 53.9 Å². The molecule has 0 saturated carbocycles. The zero-order valence-corrected chi connectivity index (χ0v) is 17.7. The molecule has 1 aromatic carbocycles. The van der Waals surface area contributed by atoms with E-state index in [0.717, 1.165) is 18.1 Å². The van der Waals surface area contributed by atoms with Gasteiger partial charge in [0.05, 0.1) is 13.0 Å². The van der Waals surface area contributed by atoms with Gasteiger partial charge in [-0.15, -0.1) is 24.0 Å². The first-order valence-corrected chi connectivity index (χ1v) is 8.19. The summed E-state index contributed by atoms with van der Waals surface area (Å²) < 4.78 is 4.87. The minimum Gasteiger partial charge on any atom is -0.469 e. The average molecular weight is 486 g/mol. The van der Waals surface area contributed by atoms with E-state index in [-0.39, 0.29) is 41.8 Å². The van der Waals surface area contributed by atoms with Crippen LogP contribution in [0.15, 0.2) is 23.2 Å². The first-order valence-electron chi connectivity index (χ1n) is 7.43. The van der Waals surface area contributed by atoms with Crippen molar-refractivity contribution in [3.8, 4) is 0 Å². The van der Waals surface area contributed by atoms with Gasteiger partial charge in [-0.2, -0.15) is 0 Å². The first-order chi connectivity index (χ1) is 11.0. The largest absolute Gasteiger partial charge is 0.469 e. The molecule has 0 radical (unpaired) electrons. The van der Waals surface area contributed by atoms with E-state index < -0.39 is 0 Å². The molecule has 2 atom stereocenters. The number of hydrogen-bond acceptors (Lipinski definition) is 3. The van der Waals surface area contributed by atoms with Crippen LogP contribution in [0.5, 0.6) is 0 Å². The lowest BCUT2D eigenvalue weighted by Gasteiger charge is -2.21. The van der Waals surface area contributed by atoms with Gasteiger partial charge in [0.1, 0.15) is 0 Å². The molecule has 0 bridgehead atoms. The summed E-state index contributed by atoms with van der Waals surface area (Å²) in [6.07, 6.45) is 0. The number of ether oxygens (including phenoxy) is 1. The maximum Gasteiger partial charge on any atom is 0.310 e. The molecule has 1 N–H and O–H groups in total. The molecule has 24 heavy (non-hydrogen) atoms. The van der Waals surface area contributed by atoms with Crippen LogP contribution in [0.25, 0.3) is 0 Å². The van der Waals surface area contributed by atoms with Crippen LogP contribution in [-0.4, -0.2) is 44.1 Å². The lowest BCUT2D eigenvalue weighted by atomic mass is 9.99. The zero-order valence-electron chi connectivity index (χ0n) is 13.9. The Bertz CT molecular complexity index is 613. The summed E-state index contributed by atoms with van der Waals surface area (Å²) >= 11 is 12.1. The standard InChI is InChI=1S/C16H21Cl2N3O2.HI/c1-10-8-21(9-13(10)15(22)23-3)16(19-2)20-7-11-4-5-12(17)6-14(11)18;/h4-6,10,13H,7-9H2,1-3H3,(H,19,20);1H. The summed E-state index contributed by atoms with van der Waals surface area (Å²) in [4.78, 5) is 18.2. The van der Waals surface area contributed by atoms with Crippen LogP contribution < -0.4 is 5.32 Å². The third-order valence-corrected chi connectivity index (χ3v) is 4.67. The van der Waals surface area contributed by atoms with Crippen LogP contribution in [0, 0.1) is 11.8 Å². The molecule has 1 aliphatic rings. The number of hydrogen-bond donors (Lipinski definition) is 1. The summed E-state index contributed by atoms with van der Waals surface area (Å²) in [6.45, 7) is 3.94. The monoisotopic (exact) mass is 485 g/mol. The van der Waals surface area contributed by atoms with Crippen molar-refractivity contribution in [2.75, 3.05) is 27.2 Å². The number of benzene rings is 1. The molecule has 0 amide bonds. The van der Waals surface area contributed by atoms with E-state index in [9.17, 15) is 4.79 Å². The Morgan fingerprint density at radius 2 is 2.12 bits per heavy atom. The molecule has 8 heteroatoms. The van der Waals surface area contributed by atoms with Gasteiger partial charge < -0.3 is 15.0 Å². The van der Waals surface area contributed by atoms with Crippen molar-refractivity contribution in [1.29, 1.82) is 0 Å². The highest BCUT2D eigenvalue weighted by molar-refractivity contribution is 14.0. The van der Waals surface area contributed by atoms with Crippen molar-refractivity contribution >= 4 is 59.1 Å². The van der Waals surface area contributed by atoms with Gasteiger partial charge in [-0.05, 0) is 23.6 Å². The fraction of sp³-hybridized carbons (Fsp3) is 0.500. The maximum atomic E-state index is 11.8. The van der Waals surface area contributed by atoms with Gasteiger partial charge in [-0.25, -0.2) is 0 Å². The predicted molar refractivity (Wildman–Crippen MR) is 108 cm³/mol. The van der Waals surface area contributed by atoms with Crippen molar-refractivity contribution in [3.05, 3.63) is 33.8 Å². The summed E-state index contributed by atoms with van der Waals surface area (Å²) in [5.41, 5.74) is 0.939. The number of likely N-dealkylation sites (tertiary alicyclic amines) is 1. The molecule has 134 valence electrons. The first kappa shape index (κ1) is 21.3. The summed E-state index contributed by atoms with van der Waals surface area (Å²) in [5, 5.41) is 4.50. The number of rotatable bonds is 3. The number of halogens is 3. The fourth-order valence-electron chi connectivity index (χ4n) is 2.77. The van der Waals surface area contributed by atoms with Crippen LogP contribution in [0.1, 0.15) is 12.5 Å². The van der Waals surface area contributed by atoms with E-state index in [1.807, 2.05) is 13.0 Å². The number of nitrogens with one attached hydrogen (secondary N) is 1. The van der Waals surface area contributed by atoms with E-state index >= 15 is 0 Å². The Morgan fingerprint density at radius 3 is 2.71 bits per heavy atom. The number of nitrogens with zero attached hydrogens (tertiary/aromatic N) is 2. The van der Waals surface area contributed by atoms with E-state index in [1.54, 1.807) is 19.2 Å². The van der Waals surface area contributed by atoms with Gasteiger partial charge >= 0.3 is 5.97 Å². The molecular weight excluding hydrogens is 464 g/mol. The average Bonchev–Trinajstić information content (AvgIpc) is 2.90. The van der Waals surface area contributed by atoms with Crippen LogP contribution in [0.3, 0.4) is 0 Å². The highest BCUT2D eigenvalue weighted by atomic mass is 127. The van der Waals surface area contributed by atoms with Gasteiger partial charge in [0.25, 0.3) is 0 Å². The molecule has 0 aliphatic carbocycles. The van der Waals surface area contributed by atoms with E-state index in [2.05, 4.69) is 15.2 Å². The van der Waals surface area contributed by atoms with Gasteiger partial charge in [0.15, 0.2) is 5.96 Å². The Kier molecular flexibility index (Phi) is 8.59. The van der Waals surface area contributed by atoms with E-state index in [4.69, 9.17) is 27.9 Å². The van der Waals surface area contributed by atoms with Gasteiger partial charge in [-0.1, -0.05) is 36.2 Å². The quantitative estimate of drug-likeness (QED) is 0.308. The second-order valence-corrected chi connectivity index (χ2v) is 6.49. The molecule has 5 nitrogen and oxygen atoms in total. The van der Waals surface area contributed by atoms with Crippen molar-refractivity contribution in [1.82, 2.24) is 10.2 Å². The highest BCUT2D eigenvalue weighted by Gasteiger charge is 2.36. The molecule has 0 spiro atoms. The Balaban J connectivity index is 0.00000288. The van der Waals surface area contributed by atoms with Gasteiger partial charge in [-0.3, -0.25) is 9.79 Å². The number of methoxy groups -OCH3 is 1. The van der Waals surface area contributed by atoms with Gasteiger partial charge in [0, 0.05) is 36.7 Å². The minimum absolute atomic E-state index is 0. The summed E-state index contributed by atoms with van der Waals surface area (Å²) in [6, 6.07) is 5.40. The Morgan fingerprint density at radius 1 is 1.42 bits per heavy atom. The third kappa shape index (κ3) is 5.13. The molecule has 1 aromatic rings. The molecule has 2 unspecified atom stereocenters. The smallest absolute Gasteiger partial charge is 0.310 e. The number of guanidine groups is 1. The lowest BCUT2D eigenvalue weighted by Crippen LogP contribution is -2.40. The molecule has 1 heterocycles. The lowest BCUT2D eigenvalue weighted by molar-refractivity contribution is -0.145. The molecular formula is C16H22Cl2IN3O2. The van der Waals surface area contributed by atoms with Crippen molar-refractivity contribution < 1.29 is 9.53 Å². The van der Waals surface area contributed by atoms with E-state index in [0.29, 0.717) is 23.1 Å². The Hall–Kier alpha value is -0.730. The summed E-state index contributed by atoms with van der Waals surface area (Å²) in [7, 11) is 3.15. The highest BCUT2D eigenvalue weighted by Crippen LogP contribution is 2.24. The van der Waals surface area contributed by atoms with Gasteiger partial charge in [0.2, 0.25) is 0 Å². The second kappa shape index (κ2) is 9.68. The zero-order chi connectivity index (χ0) is 17.0. The summed E-state index contributed by atoms with van der Waals surface area (Å²) in [5.74, 6) is 0.670. The number of esters is 1. The van der Waals surface area contributed by atoms with Crippen LogP contribution >= 0.6 is 47.2 Å². The number of carbonyl (C=O) groups is 1. The number of carbonyl (C=O) groups excluding carboxylic acids is 1. The van der Waals surface area contributed by atoms with Crippen LogP contribution in [0.2, 0.25) is 10.0 Å². The predicted octanol–water partition coefficient (Wildman–Crippen LogP) is 3.43. The van der Waals surface area contributed by atoms with E-state index in [1.165, 1.54) is 7.11 Å². The van der Waals surface area contributed by atoms with Crippen molar-refractivity contribution in [3.63, 3.8) is 0 Å². The fourth-order valence-corrected chi connectivity index (χ4v) is 3.24. The number of aliphatic imine (C=N–C) groups is 1. The van der Waals surface area contributed by atoms with Crippen molar-refractivity contribution in [2.24, 2.45) is 16.8 Å². The molecule has 2 rings (SSSR count). The van der Waals surface area contributed by atoms with Crippen LogP contribution in [-0.2, 0) is 16.1 Å². The second-order valence-electron chi connectivity index (χ2n) is 5.65. The minimum atomic E-state index is -0.170. The van der Waals surface area contributed by atoms with Crippen molar-refractivity contribution in [2.45, 2.75) is 13.5 Å². The SMILES string of the molecule is CN=C(NCc1ccc(Cl)cc1Cl)N1CC(C)C(C(=O)OC)C1.I. The molecule has 1 saturated heterocycles. The van der Waals surface area contributed by atoms with Crippen LogP contribution in [0.4, 0.5) is 0 Å².